The molecule has 0 spiro atoms. The SMILES string of the molecule is COc1ccc(CC(=O)N(CC(=O)N(Cc2ccccc2)Cc2sccc2C)C2CCCCC2)cc1. The number of hydrogen-bond donors (Lipinski definition) is 0. The Bertz CT molecular complexity index is 1120. The Balaban J connectivity index is 1.53. The molecule has 1 aliphatic rings. The van der Waals surface area contributed by atoms with Crippen molar-refractivity contribution in [2.45, 2.75) is 64.6 Å². The van der Waals surface area contributed by atoms with E-state index in [0.29, 0.717) is 13.1 Å². The normalized spacial score (nSPS) is 13.8. The summed E-state index contributed by atoms with van der Waals surface area (Å²) in [7, 11) is 1.63. The third-order valence-electron chi connectivity index (χ3n) is 7.03. The quantitative estimate of drug-likeness (QED) is 0.340. The van der Waals surface area contributed by atoms with Crippen LogP contribution in [-0.2, 0) is 29.1 Å². The van der Waals surface area contributed by atoms with E-state index in [9.17, 15) is 9.59 Å². The van der Waals surface area contributed by atoms with E-state index in [-0.39, 0.29) is 30.8 Å². The average molecular weight is 505 g/mol. The third kappa shape index (κ3) is 6.97. The number of nitrogens with zero attached hydrogens (tertiary/aromatic N) is 2. The molecular weight excluding hydrogens is 468 g/mol. The van der Waals surface area contributed by atoms with Gasteiger partial charge in [-0.3, -0.25) is 9.59 Å². The fourth-order valence-electron chi connectivity index (χ4n) is 4.85. The molecule has 6 heteroatoms. The van der Waals surface area contributed by atoms with Crippen LogP contribution in [0.3, 0.4) is 0 Å². The highest BCUT2D eigenvalue weighted by Gasteiger charge is 2.29. The zero-order valence-electron chi connectivity index (χ0n) is 21.3. The molecule has 0 aliphatic heterocycles. The summed E-state index contributed by atoms with van der Waals surface area (Å²) >= 11 is 1.68. The molecule has 1 aromatic heterocycles. The maximum Gasteiger partial charge on any atom is 0.242 e. The molecule has 2 aromatic carbocycles. The Labute approximate surface area is 218 Å². The van der Waals surface area contributed by atoms with Crippen LogP contribution in [0.15, 0.2) is 66.0 Å². The smallest absolute Gasteiger partial charge is 0.242 e. The molecule has 3 aromatic rings. The summed E-state index contributed by atoms with van der Waals surface area (Å²) in [6.45, 7) is 3.30. The lowest BCUT2D eigenvalue weighted by molar-refractivity contribution is -0.143. The number of ether oxygens (including phenoxy) is 1. The molecule has 36 heavy (non-hydrogen) atoms. The fourth-order valence-corrected chi connectivity index (χ4v) is 5.78. The Kier molecular flexibility index (Phi) is 9.17. The number of amides is 2. The van der Waals surface area contributed by atoms with E-state index in [1.165, 1.54) is 16.9 Å². The summed E-state index contributed by atoms with van der Waals surface area (Å²) in [5.41, 5.74) is 3.23. The van der Waals surface area contributed by atoms with E-state index in [1.807, 2.05) is 52.3 Å². The van der Waals surface area contributed by atoms with Crippen LogP contribution in [0.25, 0.3) is 0 Å². The molecule has 0 N–H and O–H groups in total. The highest BCUT2D eigenvalue weighted by atomic mass is 32.1. The van der Waals surface area contributed by atoms with E-state index in [0.717, 1.165) is 42.6 Å². The molecule has 1 fully saturated rings. The molecule has 0 bridgehead atoms. The first-order valence-electron chi connectivity index (χ1n) is 12.8. The molecule has 0 unspecified atom stereocenters. The monoisotopic (exact) mass is 504 g/mol. The first-order valence-corrected chi connectivity index (χ1v) is 13.7. The van der Waals surface area contributed by atoms with Crippen LogP contribution >= 0.6 is 11.3 Å². The van der Waals surface area contributed by atoms with Crippen molar-refractivity contribution in [3.05, 3.63) is 87.6 Å². The van der Waals surface area contributed by atoms with Crippen LogP contribution in [0.2, 0.25) is 0 Å². The number of carbonyl (C=O) groups is 2. The zero-order chi connectivity index (χ0) is 25.3. The standard InChI is InChI=1S/C30H36N2O3S/c1-23-17-18-36-28(23)21-31(20-25-9-5-3-6-10-25)30(34)22-32(26-11-7-4-8-12-26)29(33)19-24-13-15-27(35-2)16-14-24/h3,5-6,9-10,13-18,26H,4,7-8,11-12,19-22H2,1-2H3. The van der Waals surface area contributed by atoms with Gasteiger partial charge in [0.2, 0.25) is 11.8 Å². The Hall–Kier alpha value is -3.12. The second kappa shape index (κ2) is 12.7. The molecule has 1 aliphatic carbocycles. The van der Waals surface area contributed by atoms with Crippen LogP contribution in [0.4, 0.5) is 0 Å². The molecule has 1 heterocycles. The topological polar surface area (TPSA) is 49.9 Å². The van der Waals surface area contributed by atoms with E-state index in [2.05, 4.69) is 30.5 Å². The fraction of sp³-hybridized carbons (Fsp3) is 0.400. The molecule has 4 rings (SSSR count). The van der Waals surface area contributed by atoms with Crippen molar-refractivity contribution in [1.29, 1.82) is 0 Å². The van der Waals surface area contributed by atoms with Gasteiger partial charge in [-0.05, 0) is 60.0 Å². The van der Waals surface area contributed by atoms with Gasteiger partial charge < -0.3 is 14.5 Å². The summed E-state index contributed by atoms with van der Waals surface area (Å²) in [5.74, 6) is 0.790. The minimum Gasteiger partial charge on any atom is -0.497 e. The van der Waals surface area contributed by atoms with Crippen LogP contribution in [0.5, 0.6) is 5.75 Å². The number of rotatable bonds is 10. The molecule has 1 saturated carbocycles. The first kappa shape index (κ1) is 26.0. The number of hydrogen-bond acceptors (Lipinski definition) is 4. The van der Waals surface area contributed by atoms with Crippen molar-refractivity contribution in [1.82, 2.24) is 9.80 Å². The van der Waals surface area contributed by atoms with Gasteiger partial charge in [-0.1, -0.05) is 61.7 Å². The maximum atomic E-state index is 13.8. The number of carbonyl (C=O) groups excluding carboxylic acids is 2. The van der Waals surface area contributed by atoms with Crippen molar-refractivity contribution in [3.8, 4) is 5.75 Å². The molecule has 2 amide bonds. The number of methoxy groups -OCH3 is 1. The lowest BCUT2D eigenvalue weighted by Crippen LogP contribution is -2.48. The van der Waals surface area contributed by atoms with Gasteiger partial charge in [0.15, 0.2) is 0 Å². The molecule has 0 radical (unpaired) electrons. The van der Waals surface area contributed by atoms with Crippen molar-refractivity contribution >= 4 is 23.2 Å². The number of aryl methyl sites for hydroxylation is 1. The lowest BCUT2D eigenvalue weighted by atomic mass is 9.93. The first-order chi connectivity index (χ1) is 17.5. The Morgan fingerprint density at radius 2 is 1.61 bits per heavy atom. The number of thiophene rings is 1. The summed E-state index contributed by atoms with van der Waals surface area (Å²) in [4.78, 5) is 32.3. The highest BCUT2D eigenvalue weighted by molar-refractivity contribution is 7.10. The average Bonchev–Trinajstić information content (AvgIpc) is 3.32. The van der Waals surface area contributed by atoms with E-state index in [1.54, 1.807) is 18.4 Å². The van der Waals surface area contributed by atoms with Gasteiger partial charge >= 0.3 is 0 Å². The molecule has 0 atom stereocenters. The lowest BCUT2D eigenvalue weighted by Gasteiger charge is -2.35. The summed E-state index contributed by atoms with van der Waals surface area (Å²) in [6.07, 6.45) is 5.62. The minimum atomic E-state index is 0.000285. The minimum absolute atomic E-state index is 0.000285. The molecule has 5 nitrogen and oxygen atoms in total. The van der Waals surface area contributed by atoms with Crippen LogP contribution in [0, 0.1) is 6.92 Å². The van der Waals surface area contributed by atoms with E-state index < -0.39 is 0 Å². The predicted molar refractivity (Wildman–Crippen MR) is 145 cm³/mol. The van der Waals surface area contributed by atoms with Gasteiger partial charge in [-0.15, -0.1) is 11.3 Å². The third-order valence-corrected chi connectivity index (χ3v) is 8.04. The summed E-state index contributed by atoms with van der Waals surface area (Å²) < 4.78 is 5.25. The van der Waals surface area contributed by atoms with Gasteiger partial charge in [0.05, 0.1) is 20.1 Å². The van der Waals surface area contributed by atoms with E-state index in [4.69, 9.17) is 4.74 Å². The van der Waals surface area contributed by atoms with Crippen molar-refractivity contribution in [2.75, 3.05) is 13.7 Å². The van der Waals surface area contributed by atoms with Gasteiger partial charge in [0.25, 0.3) is 0 Å². The van der Waals surface area contributed by atoms with Gasteiger partial charge in [-0.25, -0.2) is 0 Å². The van der Waals surface area contributed by atoms with Crippen LogP contribution in [-0.4, -0.2) is 41.3 Å². The van der Waals surface area contributed by atoms with Crippen molar-refractivity contribution < 1.29 is 14.3 Å². The van der Waals surface area contributed by atoms with Crippen molar-refractivity contribution in [2.24, 2.45) is 0 Å². The molecule has 0 saturated heterocycles. The largest absolute Gasteiger partial charge is 0.497 e. The van der Waals surface area contributed by atoms with Crippen molar-refractivity contribution in [3.63, 3.8) is 0 Å². The van der Waals surface area contributed by atoms with E-state index >= 15 is 0 Å². The summed E-state index contributed by atoms with van der Waals surface area (Å²) in [5, 5.41) is 2.07. The second-order valence-corrected chi connectivity index (χ2v) is 10.6. The maximum absolute atomic E-state index is 13.8. The molecule has 190 valence electrons. The predicted octanol–water partition coefficient (Wildman–Crippen LogP) is 6.00. The van der Waals surface area contributed by atoms with Crippen LogP contribution < -0.4 is 4.74 Å². The van der Waals surface area contributed by atoms with Gasteiger partial charge in [0.1, 0.15) is 12.3 Å². The van der Waals surface area contributed by atoms with Gasteiger partial charge in [0, 0.05) is 17.5 Å². The molecular formula is C30H36N2O3S. The Morgan fingerprint density at radius 3 is 2.25 bits per heavy atom. The second-order valence-electron chi connectivity index (χ2n) is 9.60. The van der Waals surface area contributed by atoms with Crippen LogP contribution in [0.1, 0.15) is 53.7 Å². The number of benzene rings is 2. The zero-order valence-corrected chi connectivity index (χ0v) is 22.1. The summed E-state index contributed by atoms with van der Waals surface area (Å²) in [6, 6.07) is 19.9. The van der Waals surface area contributed by atoms with Gasteiger partial charge in [-0.2, -0.15) is 0 Å². The Morgan fingerprint density at radius 1 is 0.889 bits per heavy atom. The highest BCUT2D eigenvalue weighted by Crippen LogP contribution is 2.25.